The normalized spacial score (nSPS) is 37.2. The summed E-state index contributed by atoms with van der Waals surface area (Å²) < 4.78 is 6.04. The topological polar surface area (TPSA) is 47.3 Å². The third kappa shape index (κ3) is 2.58. The van der Waals surface area contributed by atoms with E-state index in [9.17, 15) is 0 Å². The van der Waals surface area contributed by atoms with Gasteiger partial charge in [0.05, 0.1) is 5.60 Å². The zero-order valence-corrected chi connectivity index (χ0v) is 12.0. The Morgan fingerprint density at radius 3 is 2.72 bits per heavy atom. The monoisotopic (exact) mass is 270 g/mol. The molecule has 0 bridgehead atoms. The fourth-order valence-electron chi connectivity index (χ4n) is 3.89. The van der Waals surface area contributed by atoms with Crippen LogP contribution in [0.4, 0.5) is 0 Å². The van der Waals surface area contributed by atoms with Crippen molar-refractivity contribution < 1.29 is 4.74 Å². The molecule has 2 saturated heterocycles. The number of thioether (sulfide) groups is 1. The van der Waals surface area contributed by atoms with Crippen molar-refractivity contribution in [2.45, 2.75) is 68.3 Å². The van der Waals surface area contributed by atoms with E-state index in [0.29, 0.717) is 6.04 Å². The van der Waals surface area contributed by atoms with E-state index in [1.165, 1.54) is 57.1 Å². The van der Waals surface area contributed by atoms with Gasteiger partial charge in [-0.25, -0.2) is 0 Å². The van der Waals surface area contributed by atoms with Crippen molar-refractivity contribution in [2.24, 2.45) is 11.8 Å². The third-order valence-corrected chi connectivity index (χ3v) is 6.59. The lowest BCUT2D eigenvalue weighted by Crippen LogP contribution is -2.54. The van der Waals surface area contributed by atoms with Gasteiger partial charge in [-0.2, -0.15) is 11.8 Å². The molecule has 0 radical (unpaired) electrons. The van der Waals surface area contributed by atoms with Gasteiger partial charge in [0.2, 0.25) is 0 Å². The van der Waals surface area contributed by atoms with Crippen molar-refractivity contribution in [3.63, 3.8) is 0 Å². The van der Waals surface area contributed by atoms with E-state index in [0.717, 1.165) is 17.8 Å². The van der Waals surface area contributed by atoms with Gasteiger partial charge in [-0.05, 0) is 56.6 Å². The van der Waals surface area contributed by atoms with Crippen LogP contribution in [0.2, 0.25) is 0 Å². The molecule has 1 aliphatic carbocycles. The Balaban J connectivity index is 1.63. The van der Waals surface area contributed by atoms with Gasteiger partial charge in [-0.1, -0.05) is 6.42 Å². The minimum atomic E-state index is 0.247. The summed E-state index contributed by atoms with van der Waals surface area (Å²) in [6.45, 7) is 0.945. The summed E-state index contributed by atoms with van der Waals surface area (Å²) in [4.78, 5) is 0. The van der Waals surface area contributed by atoms with Crippen LogP contribution in [0.15, 0.2) is 0 Å². The molecule has 3 rings (SSSR count). The van der Waals surface area contributed by atoms with Gasteiger partial charge in [0.1, 0.15) is 0 Å². The summed E-state index contributed by atoms with van der Waals surface area (Å²) in [6.07, 6.45) is 10.4. The molecule has 3 aliphatic rings. The van der Waals surface area contributed by atoms with Crippen molar-refractivity contribution in [3.05, 3.63) is 0 Å². The third-order valence-electron chi connectivity index (χ3n) is 5.11. The maximum absolute atomic E-state index is 6.04. The molecule has 3 N–H and O–H groups in total. The predicted molar refractivity (Wildman–Crippen MR) is 76.5 cm³/mol. The molecule has 0 aromatic carbocycles. The summed E-state index contributed by atoms with van der Waals surface area (Å²) in [6, 6.07) is 0.497. The zero-order valence-electron chi connectivity index (χ0n) is 11.2. The molecule has 3 unspecified atom stereocenters. The summed E-state index contributed by atoms with van der Waals surface area (Å²) in [7, 11) is 0. The summed E-state index contributed by atoms with van der Waals surface area (Å²) in [5, 5.41) is 0.726. The zero-order chi connectivity index (χ0) is 12.4. The SMILES string of the molecule is NNC(C1CCOC2(CCC2)C1)C1CCCCS1. The predicted octanol–water partition coefficient (Wildman–Crippen LogP) is 2.45. The molecular formula is C14H26N2OS. The van der Waals surface area contributed by atoms with Gasteiger partial charge in [-0.15, -0.1) is 0 Å². The molecule has 2 heterocycles. The molecule has 4 heteroatoms. The highest BCUT2D eigenvalue weighted by molar-refractivity contribution is 8.00. The molecule has 18 heavy (non-hydrogen) atoms. The molecule has 3 nitrogen and oxygen atoms in total. The van der Waals surface area contributed by atoms with E-state index in [4.69, 9.17) is 10.6 Å². The van der Waals surface area contributed by atoms with Gasteiger partial charge in [-0.3, -0.25) is 11.3 Å². The van der Waals surface area contributed by atoms with Gasteiger partial charge in [0, 0.05) is 17.9 Å². The minimum Gasteiger partial charge on any atom is -0.375 e. The molecule has 0 aromatic rings. The van der Waals surface area contributed by atoms with Crippen LogP contribution in [0.25, 0.3) is 0 Å². The lowest BCUT2D eigenvalue weighted by Gasteiger charge is -2.49. The number of nitrogens with two attached hydrogens (primary N) is 1. The first-order chi connectivity index (χ1) is 8.83. The van der Waals surface area contributed by atoms with Gasteiger partial charge in [0.15, 0.2) is 0 Å². The first-order valence-corrected chi connectivity index (χ1v) is 8.60. The Labute approximate surface area is 115 Å². The second kappa shape index (κ2) is 5.70. The van der Waals surface area contributed by atoms with Gasteiger partial charge >= 0.3 is 0 Å². The van der Waals surface area contributed by atoms with Crippen molar-refractivity contribution in [2.75, 3.05) is 12.4 Å². The van der Waals surface area contributed by atoms with E-state index in [1.54, 1.807) is 0 Å². The van der Waals surface area contributed by atoms with E-state index < -0.39 is 0 Å². The standard InChI is InChI=1S/C14H26N2OS/c15-16-13(12-4-1-2-9-18-12)11-5-8-17-14(10-11)6-3-7-14/h11-13,16H,1-10,15H2. The quantitative estimate of drug-likeness (QED) is 0.611. The maximum atomic E-state index is 6.04. The number of ether oxygens (including phenoxy) is 1. The summed E-state index contributed by atoms with van der Waals surface area (Å²) in [5.74, 6) is 7.92. The largest absolute Gasteiger partial charge is 0.375 e. The van der Waals surface area contributed by atoms with Crippen LogP contribution in [-0.4, -0.2) is 29.3 Å². The molecule has 104 valence electrons. The fraction of sp³-hybridized carbons (Fsp3) is 1.00. The second-order valence-electron chi connectivity index (χ2n) is 6.24. The molecule has 0 amide bonds. The van der Waals surface area contributed by atoms with Crippen LogP contribution >= 0.6 is 11.8 Å². The van der Waals surface area contributed by atoms with Crippen molar-refractivity contribution in [1.82, 2.24) is 5.43 Å². The van der Waals surface area contributed by atoms with Crippen molar-refractivity contribution in [1.29, 1.82) is 0 Å². The smallest absolute Gasteiger partial charge is 0.0685 e. The highest BCUT2D eigenvalue weighted by Crippen LogP contribution is 2.46. The van der Waals surface area contributed by atoms with Crippen LogP contribution in [0.1, 0.15) is 51.4 Å². The Kier molecular flexibility index (Phi) is 4.18. The summed E-state index contributed by atoms with van der Waals surface area (Å²) >= 11 is 2.13. The Bertz CT molecular complexity index is 277. The highest BCUT2D eigenvalue weighted by atomic mass is 32.2. The molecule has 0 aromatic heterocycles. The number of nitrogens with one attached hydrogen (secondary N) is 1. The number of rotatable bonds is 3. The van der Waals surface area contributed by atoms with Crippen LogP contribution in [0, 0.1) is 5.92 Å². The van der Waals surface area contributed by atoms with E-state index in [-0.39, 0.29) is 5.60 Å². The van der Waals surface area contributed by atoms with Gasteiger partial charge < -0.3 is 4.74 Å². The fourth-order valence-corrected chi connectivity index (χ4v) is 5.40. The van der Waals surface area contributed by atoms with E-state index >= 15 is 0 Å². The molecule has 3 fully saturated rings. The number of hydrogen-bond acceptors (Lipinski definition) is 4. The Morgan fingerprint density at radius 1 is 1.22 bits per heavy atom. The Hall–Kier alpha value is 0.230. The lowest BCUT2D eigenvalue weighted by atomic mass is 9.70. The average Bonchev–Trinajstić information content (AvgIpc) is 2.39. The maximum Gasteiger partial charge on any atom is 0.0685 e. The molecule has 2 aliphatic heterocycles. The van der Waals surface area contributed by atoms with Crippen LogP contribution in [-0.2, 0) is 4.74 Å². The first-order valence-electron chi connectivity index (χ1n) is 7.55. The highest BCUT2D eigenvalue weighted by Gasteiger charge is 2.45. The molecular weight excluding hydrogens is 244 g/mol. The Morgan fingerprint density at radius 2 is 2.11 bits per heavy atom. The van der Waals surface area contributed by atoms with Crippen LogP contribution < -0.4 is 11.3 Å². The lowest BCUT2D eigenvalue weighted by molar-refractivity contribution is -0.147. The van der Waals surface area contributed by atoms with Crippen LogP contribution in [0.5, 0.6) is 0 Å². The molecule has 3 atom stereocenters. The minimum absolute atomic E-state index is 0.247. The molecule has 1 saturated carbocycles. The van der Waals surface area contributed by atoms with E-state index in [1.807, 2.05) is 0 Å². The van der Waals surface area contributed by atoms with Gasteiger partial charge in [0.25, 0.3) is 0 Å². The van der Waals surface area contributed by atoms with Crippen molar-refractivity contribution >= 4 is 11.8 Å². The van der Waals surface area contributed by atoms with E-state index in [2.05, 4.69) is 17.2 Å². The van der Waals surface area contributed by atoms with Crippen molar-refractivity contribution in [3.8, 4) is 0 Å². The molecule has 1 spiro atoms. The second-order valence-corrected chi connectivity index (χ2v) is 7.58. The first kappa shape index (κ1) is 13.2. The number of hydrogen-bond donors (Lipinski definition) is 2. The van der Waals surface area contributed by atoms with Crippen LogP contribution in [0.3, 0.4) is 0 Å². The number of hydrazine groups is 1. The summed E-state index contributed by atoms with van der Waals surface area (Å²) in [5.41, 5.74) is 3.40. The average molecular weight is 270 g/mol.